The molecule has 3 N–H and O–H groups in total. The lowest BCUT2D eigenvalue weighted by atomic mass is 10.1. The van der Waals surface area contributed by atoms with Gasteiger partial charge in [0.1, 0.15) is 11.8 Å². The number of benzene rings is 1. The van der Waals surface area contributed by atoms with Crippen molar-refractivity contribution in [2.24, 2.45) is 0 Å². The molecule has 1 atom stereocenters. The van der Waals surface area contributed by atoms with Crippen molar-refractivity contribution in [3.63, 3.8) is 0 Å². The number of nitrogens with one attached hydrogen (secondary N) is 1. The first-order valence-electron chi connectivity index (χ1n) is 5.01. The van der Waals surface area contributed by atoms with Crippen molar-refractivity contribution in [3.8, 4) is 5.75 Å². The summed E-state index contributed by atoms with van der Waals surface area (Å²) in [6.07, 6.45) is 0.843. The molecule has 0 heterocycles. The molecular weight excluding hydrogens is 230 g/mol. The van der Waals surface area contributed by atoms with Crippen LogP contribution in [0.3, 0.4) is 0 Å². The van der Waals surface area contributed by atoms with Gasteiger partial charge in [-0.25, -0.2) is 0 Å². The van der Waals surface area contributed by atoms with Gasteiger partial charge in [-0.15, -0.1) is 0 Å². The smallest absolute Gasteiger partial charge is 0.325 e. The molecule has 4 nitrogen and oxygen atoms in total. The standard InChI is InChI=1S/C11H14ClNO3/c1-2-5-13-10(11(15)16)7-3-4-9(14)8(12)6-7/h3-4,6,10,13-14H,2,5H2,1H3,(H,15,16). The summed E-state index contributed by atoms with van der Waals surface area (Å²) in [5, 5.41) is 21.3. The largest absolute Gasteiger partial charge is 0.506 e. The predicted molar refractivity (Wildman–Crippen MR) is 61.8 cm³/mol. The van der Waals surface area contributed by atoms with Crippen molar-refractivity contribution in [2.75, 3.05) is 6.54 Å². The van der Waals surface area contributed by atoms with E-state index in [0.29, 0.717) is 12.1 Å². The van der Waals surface area contributed by atoms with Crippen molar-refractivity contribution in [2.45, 2.75) is 19.4 Å². The molecule has 0 fully saturated rings. The molecule has 0 aliphatic rings. The number of phenols is 1. The van der Waals surface area contributed by atoms with Crippen LogP contribution >= 0.6 is 11.6 Å². The molecule has 0 aromatic heterocycles. The third-order valence-corrected chi connectivity index (χ3v) is 2.45. The quantitative estimate of drug-likeness (QED) is 0.741. The molecule has 1 rings (SSSR count). The van der Waals surface area contributed by atoms with Crippen LogP contribution in [0.5, 0.6) is 5.75 Å². The Balaban J connectivity index is 2.92. The molecule has 88 valence electrons. The molecule has 0 bridgehead atoms. The minimum Gasteiger partial charge on any atom is -0.506 e. The van der Waals surface area contributed by atoms with E-state index < -0.39 is 12.0 Å². The van der Waals surface area contributed by atoms with Gasteiger partial charge in [-0.05, 0) is 30.7 Å². The summed E-state index contributed by atoms with van der Waals surface area (Å²) in [5.41, 5.74) is 0.531. The van der Waals surface area contributed by atoms with Crippen molar-refractivity contribution in [3.05, 3.63) is 28.8 Å². The molecule has 0 aliphatic carbocycles. The van der Waals surface area contributed by atoms with Gasteiger partial charge in [0.25, 0.3) is 0 Å². The van der Waals surface area contributed by atoms with E-state index in [9.17, 15) is 9.90 Å². The van der Waals surface area contributed by atoms with Gasteiger partial charge in [0.05, 0.1) is 5.02 Å². The van der Waals surface area contributed by atoms with Crippen molar-refractivity contribution in [1.82, 2.24) is 5.32 Å². The van der Waals surface area contributed by atoms with Crippen LogP contribution in [0.25, 0.3) is 0 Å². The van der Waals surface area contributed by atoms with Crippen LogP contribution < -0.4 is 5.32 Å². The maximum atomic E-state index is 11.0. The molecule has 1 aromatic rings. The van der Waals surface area contributed by atoms with Crippen LogP contribution in [0.2, 0.25) is 5.02 Å². The van der Waals surface area contributed by atoms with Crippen molar-refractivity contribution >= 4 is 17.6 Å². The third-order valence-electron chi connectivity index (χ3n) is 2.15. The van der Waals surface area contributed by atoms with E-state index in [0.717, 1.165) is 6.42 Å². The van der Waals surface area contributed by atoms with Gasteiger partial charge in [-0.1, -0.05) is 24.6 Å². The average molecular weight is 244 g/mol. The number of carbonyl (C=O) groups is 1. The van der Waals surface area contributed by atoms with Gasteiger partial charge in [-0.2, -0.15) is 0 Å². The minimum absolute atomic E-state index is 0.0509. The zero-order valence-electron chi connectivity index (χ0n) is 8.90. The van der Waals surface area contributed by atoms with E-state index in [4.69, 9.17) is 16.7 Å². The van der Waals surface area contributed by atoms with Crippen molar-refractivity contribution in [1.29, 1.82) is 0 Å². The maximum absolute atomic E-state index is 11.0. The van der Waals surface area contributed by atoms with Crippen LogP contribution in [0.15, 0.2) is 18.2 Å². The lowest BCUT2D eigenvalue weighted by Gasteiger charge is -2.14. The van der Waals surface area contributed by atoms with Gasteiger partial charge in [0, 0.05) is 0 Å². The zero-order chi connectivity index (χ0) is 12.1. The van der Waals surface area contributed by atoms with E-state index in [1.807, 2.05) is 6.92 Å². The Labute approximate surface area is 98.9 Å². The second-order valence-corrected chi connectivity index (χ2v) is 3.84. The fraction of sp³-hybridized carbons (Fsp3) is 0.364. The number of hydrogen-bond donors (Lipinski definition) is 3. The van der Waals surface area contributed by atoms with Crippen LogP contribution in [-0.4, -0.2) is 22.7 Å². The molecule has 0 saturated heterocycles. The molecule has 16 heavy (non-hydrogen) atoms. The summed E-state index contributed by atoms with van der Waals surface area (Å²) in [6, 6.07) is 3.60. The number of carboxylic acids is 1. The van der Waals surface area contributed by atoms with Gasteiger partial charge < -0.3 is 15.5 Å². The van der Waals surface area contributed by atoms with E-state index in [-0.39, 0.29) is 10.8 Å². The van der Waals surface area contributed by atoms with Gasteiger partial charge in [-0.3, -0.25) is 4.79 Å². The summed E-state index contributed by atoms with van der Waals surface area (Å²) in [4.78, 5) is 11.0. The highest BCUT2D eigenvalue weighted by molar-refractivity contribution is 6.32. The Morgan fingerprint density at radius 2 is 2.25 bits per heavy atom. The molecule has 0 saturated carbocycles. The second kappa shape index (κ2) is 5.72. The molecule has 0 radical (unpaired) electrons. The molecule has 0 spiro atoms. The number of hydrogen-bond acceptors (Lipinski definition) is 3. The number of aromatic hydroxyl groups is 1. The van der Waals surface area contributed by atoms with Gasteiger partial charge >= 0.3 is 5.97 Å². The fourth-order valence-electron chi connectivity index (χ4n) is 1.34. The monoisotopic (exact) mass is 243 g/mol. The fourth-order valence-corrected chi connectivity index (χ4v) is 1.53. The van der Waals surface area contributed by atoms with E-state index >= 15 is 0 Å². The first-order valence-corrected chi connectivity index (χ1v) is 5.38. The highest BCUT2D eigenvalue weighted by Crippen LogP contribution is 2.26. The highest BCUT2D eigenvalue weighted by Gasteiger charge is 2.19. The van der Waals surface area contributed by atoms with Crippen LogP contribution in [-0.2, 0) is 4.79 Å². The lowest BCUT2D eigenvalue weighted by Crippen LogP contribution is -2.29. The normalized spacial score (nSPS) is 12.4. The molecule has 5 heteroatoms. The van der Waals surface area contributed by atoms with Crippen molar-refractivity contribution < 1.29 is 15.0 Å². The Morgan fingerprint density at radius 1 is 1.56 bits per heavy atom. The SMILES string of the molecule is CCCNC(C(=O)O)c1ccc(O)c(Cl)c1. The second-order valence-electron chi connectivity index (χ2n) is 3.44. The molecule has 1 aromatic carbocycles. The lowest BCUT2D eigenvalue weighted by molar-refractivity contribution is -0.139. The van der Waals surface area contributed by atoms with Crippen LogP contribution in [0.4, 0.5) is 0 Å². The summed E-state index contributed by atoms with van der Waals surface area (Å²) in [7, 11) is 0. The van der Waals surface area contributed by atoms with E-state index in [2.05, 4.69) is 5.32 Å². The molecule has 0 aliphatic heterocycles. The number of carboxylic acid groups (broad SMARTS) is 1. The zero-order valence-corrected chi connectivity index (χ0v) is 9.66. The average Bonchev–Trinajstić information content (AvgIpc) is 2.23. The summed E-state index contributed by atoms with van der Waals surface area (Å²) < 4.78 is 0. The Hall–Kier alpha value is -1.26. The number of phenolic OH excluding ortho intramolecular Hbond substituents is 1. The summed E-state index contributed by atoms with van der Waals surface area (Å²) >= 11 is 5.73. The summed E-state index contributed by atoms with van der Waals surface area (Å²) in [5.74, 6) is -1.01. The Bertz CT molecular complexity index is 381. The van der Waals surface area contributed by atoms with Gasteiger partial charge in [0.2, 0.25) is 0 Å². The number of halogens is 1. The maximum Gasteiger partial charge on any atom is 0.325 e. The molecular formula is C11H14ClNO3. The molecule has 1 unspecified atom stereocenters. The highest BCUT2D eigenvalue weighted by atomic mass is 35.5. The van der Waals surface area contributed by atoms with Crippen LogP contribution in [0.1, 0.15) is 24.9 Å². The van der Waals surface area contributed by atoms with E-state index in [1.54, 1.807) is 6.07 Å². The Morgan fingerprint density at radius 3 is 2.75 bits per heavy atom. The van der Waals surface area contributed by atoms with E-state index in [1.165, 1.54) is 12.1 Å². The number of rotatable bonds is 5. The molecule has 0 amide bonds. The van der Waals surface area contributed by atoms with Crippen LogP contribution in [0, 0.1) is 0 Å². The Kier molecular flexibility index (Phi) is 4.58. The first-order chi connectivity index (χ1) is 7.56. The minimum atomic E-state index is -0.963. The summed E-state index contributed by atoms with van der Waals surface area (Å²) in [6.45, 7) is 2.56. The topological polar surface area (TPSA) is 69.6 Å². The van der Waals surface area contributed by atoms with Gasteiger partial charge in [0.15, 0.2) is 0 Å². The number of aliphatic carboxylic acids is 1. The third kappa shape index (κ3) is 3.12. The predicted octanol–water partition coefficient (Wildman–Crippen LogP) is 2.17. The first kappa shape index (κ1) is 12.8.